The molecular formula is C62H42N2. The van der Waals surface area contributed by atoms with Gasteiger partial charge < -0.3 is 9.47 Å². The van der Waals surface area contributed by atoms with E-state index in [1.165, 1.54) is 71.1 Å². The highest BCUT2D eigenvalue weighted by atomic mass is 15.1. The lowest BCUT2D eigenvalue weighted by Gasteiger charge is -2.26. The number of anilines is 3. The molecule has 0 saturated carbocycles. The molecule has 0 radical (unpaired) electrons. The van der Waals surface area contributed by atoms with Crippen molar-refractivity contribution in [2.24, 2.45) is 0 Å². The van der Waals surface area contributed by atoms with Gasteiger partial charge in [0.25, 0.3) is 0 Å². The van der Waals surface area contributed by atoms with Crippen LogP contribution in [0.15, 0.2) is 255 Å². The van der Waals surface area contributed by atoms with Gasteiger partial charge in [-0.2, -0.15) is 0 Å². The maximum Gasteiger partial charge on any atom is 0.0619 e. The van der Waals surface area contributed by atoms with Gasteiger partial charge in [0.05, 0.1) is 11.2 Å². The van der Waals surface area contributed by atoms with E-state index in [1.807, 2.05) is 0 Å². The third-order valence-corrected chi connectivity index (χ3v) is 12.7. The summed E-state index contributed by atoms with van der Waals surface area (Å²) < 4.78 is 2.51. The monoisotopic (exact) mass is 814 g/mol. The van der Waals surface area contributed by atoms with Gasteiger partial charge >= 0.3 is 0 Å². The molecule has 1 aromatic heterocycles. The minimum absolute atomic E-state index is 1.09. The van der Waals surface area contributed by atoms with Crippen LogP contribution in [-0.4, -0.2) is 4.57 Å². The first-order valence-electron chi connectivity index (χ1n) is 22.0. The Kier molecular flexibility index (Phi) is 9.20. The Hall–Kier alpha value is -8.46. The maximum atomic E-state index is 2.51. The van der Waals surface area contributed by atoms with Crippen LogP contribution in [0.2, 0.25) is 0 Å². The smallest absolute Gasteiger partial charge is 0.0619 e. The summed E-state index contributed by atoms with van der Waals surface area (Å²) in [5.74, 6) is 0. The van der Waals surface area contributed by atoms with E-state index in [4.69, 9.17) is 0 Å². The number of aromatic nitrogens is 1. The Bertz CT molecular complexity index is 3620. The first kappa shape index (κ1) is 37.3. The molecule has 11 aromatic carbocycles. The van der Waals surface area contributed by atoms with Gasteiger partial charge in [-0.05, 0) is 126 Å². The fraction of sp³-hybridized carbons (Fsp3) is 0. The second-order valence-electron chi connectivity index (χ2n) is 16.5. The van der Waals surface area contributed by atoms with Gasteiger partial charge in [-0.1, -0.05) is 194 Å². The molecule has 2 nitrogen and oxygen atoms in total. The molecule has 12 rings (SSSR count). The maximum absolute atomic E-state index is 2.51. The van der Waals surface area contributed by atoms with Gasteiger partial charge in [0.2, 0.25) is 0 Å². The number of benzene rings is 11. The molecule has 0 atom stereocenters. The zero-order chi connectivity index (χ0) is 42.4. The standard InChI is InChI=1S/C62H42N2/c1-6-21-44(22-7-1)59-53-32-18-19-33-54(53)60(45-23-8-2-9-24-45)56-42-58-57(41-55(56)59)61(46-25-10-3-11-26-46)62(47-27-12-4-13-28-47)64(58)51-38-36-50(37-39-51)63(49-30-14-5-15-31-49)52-35-34-43-20-16-17-29-48(43)40-52/h1-42H. The third-order valence-electron chi connectivity index (χ3n) is 12.7. The molecule has 0 aliphatic heterocycles. The summed E-state index contributed by atoms with van der Waals surface area (Å²) in [5, 5.41) is 8.57. The Labute approximate surface area is 373 Å². The van der Waals surface area contributed by atoms with Crippen LogP contribution in [0.25, 0.3) is 93.5 Å². The van der Waals surface area contributed by atoms with E-state index in [-0.39, 0.29) is 0 Å². The van der Waals surface area contributed by atoms with Gasteiger partial charge in [-0.3, -0.25) is 0 Å². The summed E-state index contributed by atoms with van der Waals surface area (Å²) in [7, 11) is 0. The molecule has 2 heteroatoms. The Morgan fingerprint density at radius 2 is 0.703 bits per heavy atom. The fourth-order valence-corrected chi connectivity index (χ4v) is 9.91. The van der Waals surface area contributed by atoms with E-state index in [0.29, 0.717) is 0 Å². The molecule has 0 aliphatic rings. The average molecular weight is 815 g/mol. The topological polar surface area (TPSA) is 8.17 Å². The fourth-order valence-electron chi connectivity index (χ4n) is 9.91. The van der Waals surface area contributed by atoms with Crippen molar-refractivity contribution in [3.05, 3.63) is 255 Å². The van der Waals surface area contributed by atoms with Gasteiger partial charge in [-0.25, -0.2) is 0 Å². The van der Waals surface area contributed by atoms with Gasteiger partial charge in [-0.15, -0.1) is 0 Å². The summed E-state index contributed by atoms with van der Waals surface area (Å²) in [5.41, 5.74) is 15.1. The highest BCUT2D eigenvalue weighted by molar-refractivity contribution is 6.25. The number of hydrogen-bond donors (Lipinski definition) is 0. The van der Waals surface area contributed by atoms with E-state index >= 15 is 0 Å². The van der Waals surface area contributed by atoms with Gasteiger partial charge in [0.15, 0.2) is 0 Å². The van der Waals surface area contributed by atoms with Crippen LogP contribution in [0.3, 0.4) is 0 Å². The Morgan fingerprint density at radius 1 is 0.266 bits per heavy atom. The summed E-state index contributed by atoms with van der Waals surface area (Å²) in [6, 6.07) is 92.8. The summed E-state index contributed by atoms with van der Waals surface area (Å²) in [6.07, 6.45) is 0. The second-order valence-corrected chi connectivity index (χ2v) is 16.5. The number of fused-ring (bicyclic) bond motifs is 4. The Balaban J connectivity index is 1.18. The van der Waals surface area contributed by atoms with Crippen LogP contribution in [-0.2, 0) is 0 Å². The molecule has 300 valence electrons. The van der Waals surface area contributed by atoms with E-state index in [1.54, 1.807) is 0 Å². The van der Waals surface area contributed by atoms with Crippen molar-refractivity contribution in [3.63, 3.8) is 0 Å². The first-order valence-corrected chi connectivity index (χ1v) is 22.0. The summed E-state index contributed by atoms with van der Waals surface area (Å²) >= 11 is 0. The minimum Gasteiger partial charge on any atom is -0.310 e. The molecule has 0 spiro atoms. The number of para-hydroxylation sites is 1. The SMILES string of the molecule is c1ccc(-c2c3ccccc3c(-c3ccccc3)c3cc4c(cc23)c(-c2ccccc2)c(-c2ccccc2)n4-c2ccc(N(c3ccccc3)c3ccc4ccccc4c3)cc2)cc1. The van der Waals surface area contributed by atoms with Crippen molar-refractivity contribution in [3.8, 4) is 50.3 Å². The van der Waals surface area contributed by atoms with Crippen molar-refractivity contribution in [2.75, 3.05) is 4.90 Å². The molecular weight excluding hydrogens is 773 g/mol. The van der Waals surface area contributed by atoms with E-state index < -0.39 is 0 Å². The predicted octanol–water partition coefficient (Wildman–Crippen LogP) is 17.2. The van der Waals surface area contributed by atoms with Crippen LogP contribution in [0.5, 0.6) is 0 Å². The quantitative estimate of drug-likeness (QED) is 0.139. The minimum atomic E-state index is 1.09. The molecule has 0 unspecified atom stereocenters. The molecule has 12 aromatic rings. The van der Waals surface area contributed by atoms with Gasteiger partial charge in [0.1, 0.15) is 0 Å². The lowest BCUT2D eigenvalue weighted by Crippen LogP contribution is -2.10. The normalized spacial score (nSPS) is 11.4. The molecule has 0 amide bonds. The lowest BCUT2D eigenvalue weighted by atomic mass is 9.85. The Morgan fingerprint density at radius 3 is 1.28 bits per heavy atom. The predicted molar refractivity (Wildman–Crippen MR) is 272 cm³/mol. The lowest BCUT2D eigenvalue weighted by molar-refractivity contribution is 1.13. The van der Waals surface area contributed by atoms with Crippen LogP contribution >= 0.6 is 0 Å². The molecule has 0 saturated heterocycles. The first-order chi connectivity index (χ1) is 31.8. The molecule has 0 N–H and O–H groups in total. The summed E-state index contributed by atoms with van der Waals surface area (Å²) in [6.45, 7) is 0. The van der Waals surface area contributed by atoms with Crippen LogP contribution in [0.1, 0.15) is 0 Å². The summed E-state index contributed by atoms with van der Waals surface area (Å²) in [4.78, 5) is 2.35. The van der Waals surface area contributed by atoms with Crippen molar-refractivity contribution in [1.82, 2.24) is 4.57 Å². The molecule has 0 aliphatic carbocycles. The second kappa shape index (κ2) is 15.8. The molecule has 64 heavy (non-hydrogen) atoms. The van der Waals surface area contributed by atoms with E-state index in [0.717, 1.165) is 39.5 Å². The number of hydrogen-bond acceptors (Lipinski definition) is 1. The highest BCUT2D eigenvalue weighted by Crippen LogP contribution is 2.49. The van der Waals surface area contributed by atoms with Crippen molar-refractivity contribution >= 4 is 60.3 Å². The third kappa shape index (κ3) is 6.35. The number of rotatable bonds is 8. The largest absolute Gasteiger partial charge is 0.310 e. The van der Waals surface area contributed by atoms with E-state index in [9.17, 15) is 0 Å². The number of nitrogens with zero attached hydrogens (tertiary/aromatic N) is 2. The van der Waals surface area contributed by atoms with Gasteiger partial charge in [0, 0.05) is 33.7 Å². The van der Waals surface area contributed by atoms with Crippen LogP contribution < -0.4 is 4.90 Å². The zero-order valence-electron chi connectivity index (χ0n) is 35.1. The zero-order valence-corrected chi connectivity index (χ0v) is 35.1. The highest BCUT2D eigenvalue weighted by Gasteiger charge is 2.25. The van der Waals surface area contributed by atoms with E-state index in [2.05, 4.69) is 264 Å². The van der Waals surface area contributed by atoms with Crippen molar-refractivity contribution in [2.45, 2.75) is 0 Å². The van der Waals surface area contributed by atoms with Crippen molar-refractivity contribution in [1.29, 1.82) is 0 Å². The van der Waals surface area contributed by atoms with Crippen LogP contribution in [0.4, 0.5) is 17.1 Å². The average Bonchev–Trinajstić information content (AvgIpc) is 3.70. The van der Waals surface area contributed by atoms with Crippen LogP contribution in [0, 0.1) is 0 Å². The molecule has 1 heterocycles. The molecule has 0 fully saturated rings. The van der Waals surface area contributed by atoms with Crippen molar-refractivity contribution < 1.29 is 0 Å². The molecule has 0 bridgehead atoms.